The average molecular weight is 542 g/mol. The molecule has 1 fully saturated rings. The monoisotopic (exact) mass is 541 g/mol. The fourth-order valence-electron chi connectivity index (χ4n) is 3.22. The molecule has 4 heterocycles. The zero-order chi connectivity index (χ0) is 27.4. The Morgan fingerprint density at radius 2 is 1.92 bits per heavy atom. The average Bonchev–Trinajstić information content (AvgIpc) is 3.48. The second-order valence-electron chi connectivity index (χ2n) is 8.01. The summed E-state index contributed by atoms with van der Waals surface area (Å²) in [7, 11) is -3.37. The number of carboxylic acids is 1. The smallest absolute Gasteiger partial charge is 0.475 e. The van der Waals surface area contributed by atoms with Crippen LogP contribution in [0, 0.1) is 6.92 Å². The zero-order valence-corrected chi connectivity index (χ0v) is 20.4. The molecule has 1 atom stereocenters. The first-order valence-corrected chi connectivity index (χ1v) is 12.5. The third-order valence-electron chi connectivity index (χ3n) is 5.08. The Bertz CT molecular complexity index is 1400. The Hall–Kier alpha value is -3.85. The summed E-state index contributed by atoms with van der Waals surface area (Å²) in [5, 5.41) is 10.1. The SMILES string of the molecule is Cc1[nH]c(-c2cc(-c3cncc(S(C)(=O)=O)c3)ccn2)nc1C(=O)N[C@@H]1CCOC1.O=C(O)C(F)(F)F. The first kappa shape index (κ1) is 27.7. The lowest BCUT2D eigenvalue weighted by Gasteiger charge is -2.09. The minimum absolute atomic E-state index is 0.00637. The highest BCUT2D eigenvalue weighted by Crippen LogP contribution is 2.25. The van der Waals surface area contributed by atoms with E-state index in [-0.39, 0.29) is 16.8 Å². The van der Waals surface area contributed by atoms with Gasteiger partial charge in [-0.15, -0.1) is 0 Å². The normalized spacial score (nSPS) is 15.5. The number of halogens is 3. The van der Waals surface area contributed by atoms with Crippen LogP contribution in [0.3, 0.4) is 0 Å². The Kier molecular flexibility index (Phi) is 8.28. The summed E-state index contributed by atoms with van der Waals surface area (Å²) in [5.74, 6) is -2.56. The summed E-state index contributed by atoms with van der Waals surface area (Å²) in [6.07, 6.45) is 1.35. The number of carboxylic acid groups (broad SMARTS) is 1. The fourth-order valence-corrected chi connectivity index (χ4v) is 3.82. The molecule has 15 heteroatoms. The summed E-state index contributed by atoms with van der Waals surface area (Å²) < 4.78 is 60.7. The molecule has 1 amide bonds. The Morgan fingerprint density at radius 3 is 2.51 bits per heavy atom. The molecule has 1 saturated heterocycles. The number of pyridine rings is 2. The van der Waals surface area contributed by atoms with Crippen molar-refractivity contribution in [1.82, 2.24) is 25.3 Å². The van der Waals surface area contributed by atoms with E-state index in [1.54, 1.807) is 37.5 Å². The molecule has 0 spiro atoms. The van der Waals surface area contributed by atoms with Crippen LogP contribution < -0.4 is 5.32 Å². The van der Waals surface area contributed by atoms with Crippen LogP contribution in [0.25, 0.3) is 22.6 Å². The van der Waals surface area contributed by atoms with Gasteiger partial charge >= 0.3 is 12.1 Å². The van der Waals surface area contributed by atoms with Crippen molar-refractivity contribution in [3.05, 3.63) is 48.2 Å². The lowest BCUT2D eigenvalue weighted by Crippen LogP contribution is -2.35. The highest BCUT2D eigenvalue weighted by molar-refractivity contribution is 7.90. The summed E-state index contributed by atoms with van der Waals surface area (Å²) >= 11 is 0. The van der Waals surface area contributed by atoms with Gasteiger partial charge in [0.15, 0.2) is 15.7 Å². The largest absolute Gasteiger partial charge is 0.490 e. The number of H-pyrrole nitrogens is 1. The van der Waals surface area contributed by atoms with Crippen LogP contribution in [0.1, 0.15) is 22.6 Å². The standard InChI is InChI=1S/C20H21N5O4S.C2HF3O2/c1-12-18(20(26)24-15-4-6-29-11-15)25-19(23-12)17-8-13(3-5-22-17)14-7-16(10-21-9-14)30(2,27)28;3-2(4,5)1(6)7/h3,5,7-10,15H,4,6,11H2,1-2H3,(H,23,25)(H,24,26);(H,6,7)/t15-;/m1./s1. The molecule has 4 rings (SSSR count). The van der Waals surface area contributed by atoms with Gasteiger partial charge in [-0.05, 0) is 37.1 Å². The molecule has 3 aromatic heterocycles. The van der Waals surface area contributed by atoms with Gasteiger partial charge in [0.25, 0.3) is 5.91 Å². The lowest BCUT2D eigenvalue weighted by atomic mass is 10.1. The van der Waals surface area contributed by atoms with E-state index < -0.39 is 22.0 Å². The summed E-state index contributed by atoms with van der Waals surface area (Å²) in [6.45, 7) is 2.92. The maximum atomic E-state index is 12.6. The van der Waals surface area contributed by atoms with E-state index in [0.29, 0.717) is 41.7 Å². The number of hydrogen-bond acceptors (Lipinski definition) is 8. The van der Waals surface area contributed by atoms with Crippen molar-refractivity contribution in [2.75, 3.05) is 19.5 Å². The van der Waals surface area contributed by atoms with Gasteiger partial charge in [-0.3, -0.25) is 14.8 Å². The Morgan fingerprint density at radius 1 is 1.22 bits per heavy atom. The Labute approximate surface area is 209 Å². The number of nitrogens with one attached hydrogen (secondary N) is 2. The van der Waals surface area contributed by atoms with Gasteiger partial charge in [-0.2, -0.15) is 13.2 Å². The van der Waals surface area contributed by atoms with E-state index >= 15 is 0 Å². The molecule has 0 aromatic carbocycles. The molecular formula is C22H22F3N5O6S. The lowest BCUT2D eigenvalue weighted by molar-refractivity contribution is -0.192. The number of carbonyl (C=O) groups is 2. The number of ether oxygens (including phenoxy) is 1. The van der Waals surface area contributed by atoms with Crippen molar-refractivity contribution >= 4 is 21.7 Å². The maximum absolute atomic E-state index is 12.6. The van der Waals surface area contributed by atoms with Crippen LogP contribution >= 0.6 is 0 Å². The minimum atomic E-state index is -5.08. The van der Waals surface area contributed by atoms with Gasteiger partial charge in [0.05, 0.1) is 17.5 Å². The fraction of sp³-hybridized carbons (Fsp3) is 0.318. The number of imidazole rings is 1. The molecule has 0 aliphatic carbocycles. The van der Waals surface area contributed by atoms with Crippen molar-refractivity contribution < 1.29 is 41.0 Å². The number of aromatic nitrogens is 4. The number of sulfone groups is 1. The molecule has 198 valence electrons. The number of aliphatic carboxylic acids is 1. The molecule has 11 nitrogen and oxygen atoms in total. The number of rotatable bonds is 5. The molecule has 0 unspecified atom stereocenters. The molecule has 3 N–H and O–H groups in total. The van der Waals surface area contributed by atoms with Gasteiger partial charge in [-0.25, -0.2) is 18.2 Å². The molecule has 1 aliphatic heterocycles. The predicted molar refractivity (Wildman–Crippen MR) is 123 cm³/mol. The van der Waals surface area contributed by atoms with E-state index in [1.165, 1.54) is 6.20 Å². The number of amides is 1. The second-order valence-corrected chi connectivity index (χ2v) is 10.0. The van der Waals surface area contributed by atoms with Crippen molar-refractivity contribution in [3.8, 4) is 22.6 Å². The number of alkyl halides is 3. The van der Waals surface area contributed by atoms with Crippen LogP contribution in [0.4, 0.5) is 13.2 Å². The molecule has 1 aliphatic rings. The van der Waals surface area contributed by atoms with E-state index in [4.69, 9.17) is 14.6 Å². The molecule has 0 bridgehead atoms. The topological polar surface area (TPSA) is 164 Å². The quantitative estimate of drug-likeness (QED) is 0.440. The Balaban J connectivity index is 0.000000479. The second kappa shape index (κ2) is 11.0. The first-order chi connectivity index (χ1) is 17.3. The number of nitrogens with zero attached hydrogens (tertiary/aromatic N) is 3. The van der Waals surface area contributed by atoms with E-state index in [1.807, 2.05) is 0 Å². The molecule has 37 heavy (non-hydrogen) atoms. The van der Waals surface area contributed by atoms with Crippen molar-refractivity contribution in [2.45, 2.75) is 30.5 Å². The molecule has 0 radical (unpaired) electrons. The third-order valence-corrected chi connectivity index (χ3v) is 6.16. The third kappa shape index (κ3) is 7.33. The summed E-state index contributed by atoms with van der Waals surface area (Å²) in [6, 6.07) is 5.09. The van der Waals surface area contributed by atoms with Gasteiger partial charge in [0.2, 0.25) is 0 Å². The van der Waals surface area contributed by atoms with E-state index in [0.717, 1.165) is 18.2 Å². The van der Waals surface area contributed by atoms with Crippen molar-refractivity contribution in [3.63, 3.8) is 0 Å². The first-order valence-electron chi connectivity index (χ1n) is 10.6. The van der Waals surface area contributed by atoms with Gasteiger partial charge in [0.1, 0.15) is 11.4 Å². The number of carbonyl (C=O) groups excluding carboxylic acids is 1. The number of aryl methyl sites for hydroxylation is 1. The summed E-state index contributed by atoms with van der Waals surface area (Å²) in [4.78, 5) is 37.5. The highest BCUT2D eigenvalue weighted by Gasteiger charge is 2.38. The molecule has 0 saturated carbocycles. The van der Waals surface area contributed by atoms with Gasteiger partial charge in [0, 0.05) is 42.7 Å². The van der Waals surface area contributed by atoms with Crippen molar-refractivity contribution in [2.24, 2.45) is 0 Å². The van der Waals surface area contributed by atoms with Crippen LogP contribution in [0.15, 0.2) is 41.7 Å². The van der Waals surface area contributed by atoms with E-state index in [2.05, 4.69) is 25.3 Å². The van der Waals surface area contributed by atoms with Crippen LogP contribution in [-0.2, 0) is 19.4 Å². The van der Waals surface area contributed by atoms with Crippen molar-refractivity contribution in [1.29, 1.82) is 0 Å². The van der Waals surface area contributed by atoms with Gasteiger partial charge in [-0.1, -0.05) is 0 Å². The number of hydrogen-bond donors (Lipinski definition) is 3. The number of aromatic amines is 1. The molecular weight excluding hydrogens is 519 g/mol. The van der Waals surface area contributed by atoms with Crippen LogP contribution in [-0.4, -0.2) is 77.0 Å². The van der Waals surface area contributed by atoms with E-state index in [9.17, 15) is 26.4 Å². The van der Waals surface area contributed by atoms with Crippen LogP contribution in [0.5, 0.6) is 0 Å². The maximum Gasteiger partial charge on any atom is 0.490 e. The summed E-state index contributed by atoms with van der Waals surface area (Å²) in [5.41, 5.74) is 2.85. The minimum Gasteiger partial charge on any atom is -0.475 e. The van der Waals surface area contributed by atoms with Crippen LogP contribution in [0.2, 0.25) is 0 Å². The van der Waals surface area contributed by atoms with Gasteiger partial charge < -0.3 is 20.1 Å². The zero-order valence-electron chi connectivity index (χ0n) is 19.5. The highest BCUT2D eigenvalue weighted by atomic mass is 32.2. The molecule has 3 aromatic rings. The predicted octanol–water partition coefficient (Wildman–Crippen LogP) is 2.40.